The molecule has 20 heavy (non-hydrogen) atoms. The van der Waals surface area contributed by atoms with E-state index in [0.717, 1.165) is 31.7 Å². The zero-order chi connectivity index (χ0) is 15.0. The molecule has 116 valence electrons. The second-order valence-electron chi connectivity index (χ2n) is 6.53. The lowest BCUT2D eigenvalue weighted by atomic mass is 9.95. The maximum atomic E-state index is 9.71. The van der Waals surface area contributed by atoms with E-state index in [1.54, 1.807) is 0 Å². The van der Waals surface area contributed by atoms with Gasteiger partial charge in [0.25, 0.3) is 0 Å². The molecule has 1 aromatic heterocycles. The molecule has 0 aliphatic carbocycles. The smallest absolute Gasteiger partial charge is 0.0591 e. The van der Waals surface area contributed by atoms with E-state index in [1.165, 1.54) is 17.7 Å². The highest BCUT2D eigenvalue weighted by molar-refractivity contribution is 7.10. The fraction of sp³-hybridized carbons (Fsp3) is 0.765. The van der Waals surface area contributed by atoms with Crippen LogP contribution in [0.1, 0.15) is 70.7 Å². The monoisotopic (exact) mass is 297 g/mol. The molecule has 0 spiro atoms. The van der Waals surface area contributed by atoms with Gasteiger partial charge >= 0.3 is 0 Å². The van der Waals surface area contributed by atoms with Crippen molar-refractivity contribution in [1.82, 2.24) is 5.32 Å². The van der Waals surface area contributed by atoms with Crippen LogP contribution in [-0.2, 0) is 0 Å². The zero-order valence-electron chi connectivity index (χ0n) is 13.5. The van der Waals surface area contributed by atoms with Gasteiger partial charge in [-0.1, -0.05) is 32.8 Å². The average Bonchev–Trinajstić information content (AvgIpc) is 2.86. The molecule has 2 N–H and O–H groups in total. The van der Waals surface area contributed by atoms with E-state index in [-0.39, 0.29) is 0 Å². The number of hydrogen-bond donors (Lipinski definition) is 2. The second kappa shape index (κ2) is 8.81. The van der Waals surface area contributed by atoms with Crippen LogP contribution in [0.3, 0.4) is 0 Å². The van der Waals surface area contributed by atoms with Crippen molar-refractivity contribution < 1.29 is 5.11 Å². The molecule has 0 saturated heterocycles. The largest absolute Gasteiger partial charge is 0.390 e. The lowest BCUT2D eigenvalue weighted by molar-refractivity contribution is 0.0669. The third-order valence-electron chi connectivity index (χ3n) is 3.81. The Morgan fingerprint density at radius 3 is 2.65 bits per heavy atom. The van der Waals surface area contributed by atoms with Gasteiger partial charge in [-0.15, -0.1) is 11.3 Å². The molecular formula is C17H31NOS. The Hall–Kier alpha value is -0.380. The lowest BCUT2D eigenvalue weighted by Crippen LogP contribution is -2.23. The Balaban J connectivity index is 2.16. The average molecular weight is 298 g/mol. The maximum absolute atomic E-state index is 9.71. The van der Waals surface area contributed by atoms with E-state index in [4.69, 9.17) is 0 Å². The molecule has 0 radical (unpaired) electrons. The van der Waals surface area contributed by atoms with Gasteiger partial charge in [0, 0.05) is 10.9 Å². The van der Waals surface area contributed by atoms with Crippen LogP contribution < -0.4 is 5.32 Å². The van der Waals surface area contributed by atoms with Gasteiger partial charge in [0.05, 0.1) is 5.60 Å². The zero-order valence-corrected chi connectivity index (χ0v) is 14.3. The van der Waals surface area contributed by atoms with E-state index in [9.17, 15) is 5.11 Å². The minimum absolute atomic E-state index is 0.509. The van der Waals surface area contributed by atoms with E-state index in [1.807, 2.05) is 25.2 Å². The summed E-state index contributed by atoms with van der Waals surface area (Å²) in [5, 5.41) is 15.5. The van der Waals surface area contributed by atoms with E-state index in [2.05, 4.69) is 36.7 Å². The first-order valence-corrected chi connectivity index (χ1v) is 8.79. The van der Waals surface area contributed by atoms with Gasteiger partial charge < -0.3 is 10.4 Å². The molecule has 0 fully saturated rings. The second-order valence-corrected chi connectivity index (χ2v) is 7.51. The summed E-state index contributed by atoms with van der Waals surface area (Å²) in [7, 11) is 0. The Morgan fingerprint density at radius 1 is 1.35 bits per heavy atom. The van der Waals surface area contributed by atoms with Crippen LogP contribution in [0.15, 0.2) is 17.5 Å². The summed E-state index contributed by atoms with van der Waals surface area (Å²) in [6.45, 7) is 9.43. The van der Waals surface area contributed by atoms with E-state index >= 15 is 0 Å². The molecule has 2 unspecified atom stereocenters. The molecule has 0 amide bonds. The molecule has 1 rings (SSSR count). The van der Waals surface area contributed by atoms with Crippen LogP contribution in [0.25, 0.3) is 0 Å². The van der Waals surface area contributed by atoms with Crippen molar-refractivity contribution in [3.8, 4) is 0 Å². The fourth-order valence-electron chi connectivity index (χ4n) is 2.47. The van der Waals surface area contributed by atoms with Crippen molar-refractivity contribution in [2.24, 2.45) is 5.92 Å². The van der Waals surface area contributed by atoms with Crippen LogP contribution >= 0.6 is 11.3 Å². The highest BCUT2D eigenvalue weighted by atomic mass is 32.1. The summed E-state index contributed by atoms with van der Waals surface area (Å²) in [5.41, 5.74) is -0.509. The molecule has 0 saturated carbocycles. The van der Waals surface area contributed by atoms with Gasteiger partial charge in [-0.2, -0.15) is 0 Å². The van der Waals surface area contributed by atoms with Gasteiger partial charge in [-0.05, 0) is 57.0 Å². The molecule has 0 aromatic carbocycles. The van der Waals surface area contributed by atoms with Gasteiger partial charge in [-0.25, -0.2) is 0 Å². The summed E-state index contributed by atoms with van der Waals surface area (Å²) < 4.78 is 0. The SMILES string of the molecule is CCC(NCCC(C)CCCC(C)(C)O)c1cccs1. The maximum Gasteiger partial charge on any atom is 0.0591 e. The van der Waals surface area contributed by atoms with Crippen LogP contribution in [0.2, 0.25) is 0 Å². The normalized spacial score (nSPS) is 15.2. The molecule has 0 bridgehead atoms. The highest BCUT2D eigenvalue weighted by Crippen LogP contribution is 2.22. The predicted molar refractivity (Wildman–Crippen MR) is 89.3 cm³/mol. The molecule has 1 aromatic rings. The molecule has 0 aliphatic heterocycles. The lowest BCUT2D eigenvalue weighted by Gasteiger charge is -2.20. The molecular weight excluding hydrogens is 266 g/mol. The van der Waals surface area contributed by atoms with Crippen LogP contribution in [0.4, 0.5) is 0 Å². The molecule has 1 heterocycles. The van der Waals surface area contributed by atoms with E-state index in [0.29, 0.717) is 6.04 Å². The number of aliphatic hydroxyl groups is 1. The van der Waals surface area contributed by atoms with Crippen molar-refractivity contribution in [3.05, 3.63) is 22.4 Å². The summed E-state index contributed by atoms with van der Waals surface area (Å²) in [4.78, 5) is 1.45. The molecule has 3 heteroatoms. The molecule has 0 aliphatic rings. The quantitative estimate of drug-likeness (QED) is 0.653. The number of rotatable bonds is 10. The van der Waals surface area contributed by atoms with Crippen molar-refractivity contribution >= 4 is 11.3 Å². The standard InChI is InChI=1S/C17H31NOS/c1-5-15(16-9-7-13-20-16)18-12-10-14(2)8-6-11-17(3,4)19/h7,9,13-15,18-19H,5-6,8,10-12H2,1-4H3. The van der Waals surface area contributed by atoms with Gasteiger partial charge in [0.1, 0.15) is 0 Å². The Labute approximate surface area is 128 Å². The summed E-state index contributed by atoms with van der Waals surface area (Å²) in [6, 6.07) is 4.86. The topological polar surface area (TPSA) is 32.3 Å². The molecule has 2 atom stereocenters. The van der Waals surface area contributed by atoms with Crippen LogP contribution in [-0.4, -0.2) is 17.3 Å². The predicted octanol–water partition coefficient (Wildman–Crippen LogP) is 4.76. The van der Waals surface area contributed by atoms with E-state index < -0.39 is 5.60 Å². The molecule has 2 nitrogen and oxygen atoms in total. The third kappa shape index (κ3) is 7.41. The fourth-order valence-corrected chi connectivity index (χ4v) is 3.35. The van der Waals surface area contributed by atoms with Crippen molar-refractivity contribution in [3.63, 3.8) is 0 Å². The summed E-state index contributed by atoms with van der Waals surface area (Å²) in [5.74, 6) is 0.727. The summed E-state index contributed by atoms with van der Waals surface area (Å²) in [6.07, 6.45) is 5.59. The van der Waals surface area contributed by atoms with Crippen LogP contribution in [0.5, 0.6) is 0 Å². The number of thiophene rings is 1. The first-order valence-electron chi connectivity index (χ1n) is 7.91. The first kappa shape index (κ1) is 17.7. The van der Waals surface area contributed by atoms with Gasteiger partial charge in [0.15, 0.2) is 0 Å². The first-order chi connectivity index (χ1) is 9.42. The minimum Gasteiger partial charge on any atom is -0.390 e. The van der Waals surface area contributed by atoms with Crippen molar-refractivity contribution in [1.29, 1.82) is 0 Å². The van der Waals surface area contributed by atoms with Gasteiger partial charge in [-0.3, -0.25) is 0 Å². The third-order valence-corrected chi connectivity index (χ3v) is 4.79. The Bertz CT molecular complexity index is 342. The number of hydrogen-bond acceptors (Lipinski definition) is 3. The Kier molecular flexibility index (Phi) is 7.78. The van der Waals surface area contributed by atoms with Crippen LogP contribution in [0, 0.1) is 5.92 Å². The summed E-state index contributed by atoms with van der Waals surface area (Å²) >= 11 is 1.84. The Morgan fingerprint density at radius 2 is 2.10 bits per heavy atom. The van der Waals surface area contributed by atoms with Crippen molar-refractivity contribution in [2.45, 2.75) is 71.4 Å². The van der Waals surface area contributed by atoms with Gasteiger partial charge in [0.2, 0.25) is 0 Å². The van der Waals surface area contributed by atoms with Crippen molar-refractivity contribution in [2.75, 3.05) is 6.54 Å². The minimum atomic E-state index is -0.509. The number of nitrogens with one attached hydrogen (secondary N) is 1. The highest BCUT2D eigenvalue weighted by Gasteiger charge is 2.13.